The Labute approximate surface area is 163 Å². The second-order valence-corrected chi connectivity index (χ2v) is 8.62. The van der Waals surface area contributed by atoms with E-state index in [0.717, 1.165) is 32.0 Å². The molecule has 0 saturated carbocycles. The van der Waals surface area contributed by atoms with Crippen LogP contribution in [-0.4, -0.2) is 37.2 Å². The second-order valence-electron chi connectivity index (χ2n) is 6.94. The molecule has 1 aliphatic rings. The Morgan fingerprint density at radius 3 is 2.57 bits per heavy atom. The highest BCUT2D eigenvalue weighted by molar-refractivity contribution is 7.92. The molecule has 1 saturated heterocycles. The maximum atomic E-state index is 12.6. The van der Waals surface area contributed by atoms with E-state index >= 15 is 0 Å². The zero-order valence-corrected chi connectivity index (χ0v) is 16.2. The number of nitro groups is 1. The number of carbonyl (C=O) groups excluding carboxylic acids is 1. The highest BCUT2D eigenvalue weighted by Gasteiger charge is 2.22. The molecule has 3 rings (SSSR count). The van der Waals surface area contributed by atoms with E-state index in [1.807, 2.05) is 4.90 Å². The van der Waals surface area contributed by atoms with Gasteiger partial charge in [-0.25, -0.2) is 8.42 Å². The van der Waals surface area contributed by atoms with Gasteiger partial charge < -0.3 is 4.90 Å². The molecule has 9 heteroatoms. The Kier molecular flexibility index (Phi) is 5.64. The molecule has 1 N–H and O–H groups in total. The van der Waals surface area contributed by atoms with Crippen molar-refractivity contribution in [2.75, 3.05) is 17.8 Å². The van der Waals surface area contributed by atoms with E-state index in [1.54, 1.807) is 12.1 Å². The average Bonchev–Trinajstić information content (AvgIpc) is 2.68. The first kappa shape index (κ1) is 19.8. The van der Waals surface area contributed by atoms with Gasteiger partial charge in [0.15, 0.2) is 0 Å². The lowest BCUT2D eigenvalue weighted by molar-refractivity contribution is -0.385. The Balaban J connectivity index is 1.74. The maximum Gasteiger partial charge on any atom is 0.270 e. The summed E-state index contributed by atoms with van der Waals surface area (Å²) in [6.45, 7) is 3.57. The van der Waals surface area contributed by atoms with Crippen molar-refractivity contribution in [1.82, 2.24) is 4.90 Å². The number of nitrogens with zero attached hydrogens (tertiary/aromatic N) is 2. The van der Waals surface area contributed by atoms with Gasteiger partial charge in [-0.3, -0.25) is 19.6 Å². The number of piperidine rings is 1. The molecule has 148 valence electrons. The van der Waals surface area contributed by atoms with E-state index in [1.165, 1.54) is 30.3 Å². The zero-order chi connectivity index (χ0) is 20.3. The average molecular weight is 403 g/mol. The molecule has 28 heavy (non-hydrogen) atoms. The van der Waals surface area contributed by atoms with E-state index in [-0.39, 0.29) is 22.2 Å². The molecule has 0 aliphatic carbocycles. The lowest BCUT2D eigenvalue weighted by Gasteiger charge is -2.31. The molecule has 1 heterocycles. The van der Waals surface area contributed by atoms with Crippen LogP contribution in [-0.2, 0) is 10.0 Å². The van der Waals surface area contributed by atoms with Crippen molar-refractivity contribution >= 4 is 27.3 Å². The van der Waals surface area contributed by atoms with Gasteiger partial charge in [-0.1, -0.05) is 13.0 Å². The summed E-state index contributed by atoms with van der Waals surface area (Å²) in [5.74, 6) is 0.401. The molecular weight excluding hydrogens is 382 g/mol. The van der Waals surface area contributed by atoms with Gasteiger partial charge in [-0.05, 0) is 49.1 Å². The SMILES string of the molecule is C[C@@H]1CCCN(C(=O)c2ccc(NS(=O)(=O)c3cccc([N+](=O)[O-])c3)cc2)C1. The van der Waals surface area contributed by atoms with E-state index in [0.29, 0.717) is 11.5 Å². The molecule has 0 spiro atoms. The number of rotatable bonds is 5. The Morgan fingerprint density at radius 1 is 1.21 bits per heavy atom. The molecule has 2 aromatic carbocycles. The minimum Gasteiger partial charge on any atom is -0.338 e. The summed E-state index contributed by atoms with van der Waals surface area (Å²) in [6.07, 6.45) is 2.09. The molecule has 0 unspecified atom stereocenters. The first-order valence-electron chi connectivity index (χ1n) is 8.93. The van der Waals surface area contributed by atoms with Crippen molar-refractivity contribution in [3.63, 3.8) is 0 Å². The fraction of sp³-hybridized carbons (Fsp3) is 0.316. The molecule has 1 amide bonds. The van der Waals surface area contributed by atoms with Gasteiger partial charge in [0.25, 0.3) is 21.6 Å². The topological polar surface area (TPSA) is 110 Å². The van der Waals surface area contributed by atoms with Gasteiger partial charge in [0, 0.05) is 36.5 Å². The van der Waals surface area contributed by atoms with Crippen LogP contribution < -0.4 is 4.72 Å². The number of nitrogens with one attached hydrogen (secondary N) is 1. The van der Waals surface area contributed by atoms with Crippen LogP contribution in [0.1, 0.15) is 30.1 Å². The normalized spacial score (nSPS) is 17.2. The molecule has 8 nitrogen and oxygen atoms in total. The van der Waals surface area contributed by atoms with Crippen LogP contribution in [0.4, 0.5) is 11.4 Å². The third kappa shape index (κ3) is 4.48. The highest BCUT2D eigenvalue weighted by Crippen LogP contribution is 2.22. The number of likely N-dealkylation sites (tertiary alicyclic amines) is 1. The van der Waals surface area contributed by atoms with Gasteiger partial charge in [0.05, 0.1) is 9.82 Å². The molecule has 2 aromatic rings. The van der Waals surface area contributed by atoms with E-state index < -0.39 is 14.9 Å². The largest absolute Gasteiger partial charge is 0.338 e. The number of anilines is 1. The van der Waals surface area contributed by atoms with Crippen LogP contribution in [0.15, 0.2) is 53.4 Å². The van der Waals surface area contributed by atoms with Crippen LogP contribution in [0.25, 0.3) is 0 Å². The zero-order valence-electron chi connectivity index (χ0n) is 15.4. The van der Waals surface area contributed by atoms with Gasteiger partial charge in [0.2, 0.25) is 0 Å². The molecular formula is C19H21N3O5S. The number of hydrogen-bond donors (Lipinski definition) is 1. The van der Waals surface area contributed by atoms with Crippen molar-refractivity contribution in [1.29, 1.82) is 0 Å². The third-order valence-corrected chi connectivity index (χ3v) is 6.05. The molecule has 0 radical (unpaired) electrons. The summed E-state index contributed by atoms with van der Waals surface area (Å²) < 4.78 is 27.3. The first-order valence-corrected chi connectivity index (χ1v) is 10.4. The van der Waals surface area contributed by atoms with Gasteiger partial charge in [-0.15, -0.1) is 0 Å². The van der Waals surface area contributed by atoms with Gasteiger partial charge in [-0.2, -0.15) is 0 Å². The van der Waals surface area contributed by atoms with Crippen molar-refractivity contribution in [3.8, 4) is 0 Å². The Morgan fingerprint density at radius 2 is 1.93 bits per heavy atom. The molecule has 1 atom stereocenters. The third-order valence-electron chi connectivity index (χ3n) is 4.67. The Hall–Kier alpha value is -2.94. The number of nitro benzene ring substituents is 1. The van der Waals surface area contributed by atoms with E-state index in [2.05, 4.69) is 11.6 Å². The monoisotopic (exact) mass is 403 g/mol. The minimum atomic E-state index is -3.98. The number of hydrogen-bond acceptors (Lipinski definition) is 5. The van der Waals surface area contributed by atoms with Crippen LogP contribution in [0, 0.1) is 16.0 Å². The van der Waals surface area contributed by atoms with Crippen molar-refractivity contribution in [2.45, 2.75) is 24.7 Å². The molecule has 0 bridgehead atoms. The minimum absolute atomic E-state index is 0.0698. The maximum absolute atomic E-state index is 12.6. The van der Waals surface area contributed by atoms with Crippen molar-refractivity contribution < 1.29 is 18.1 Å². The number of sulfonamides is 1. The second kappa shape index (κ2) is 7.97. The fourth-order valence-corrected chi connectivity index (χ4v) is 4.31. The number of benzene rings is 2. The summed E-state index contributed by atoms with van der Waals surface area (Å²) in [4.78, 5) is 24.4. The van der Waals surface area contributed by atoms with Gasteiger partial charge >= 0.3 is 0 Å². The standard InChI is InChI=1S/C19H21N3O5S/c1-14-4-3-11-21(13-14)19(23)15-7-9-16(10-8-15)20-28(26,27)18-6-2-5-17(12-18)22(24)25/h2,5-10,12,14,20H,3-4,11,13H2,1H3/t14-/m1/s1. The van der Waals surface area contributed by atoms with E-state index in [9.17, 15) is 23.3 Å². The molecule has 1 aliphatic heterocycles. The number of amides is 1. The van der Waals surface area contributed by atoms with Crippen LogP contribution in [0.5, 0.6) is 0 Å². The summed E-state index contributed by atoms with van der Waals surface area (Å²) in [6, 6.07) is 11.0. The molecule has 1 fully saturated rings. The summed E-state index contributed by atoms with van der Waals surface area (Å²) in [7, 11) is -3.98. The number of carbonyl (C=O) groups is 1. The summed E-state index contributed by atoms with van der Waals surface area (Å²) in [5.41, 5.74) is 0.460. The van der Waals surface area contributed by atoms with Crippen molar-refractivity contribution in [3.05, 3.63) is 64.2 Å². The first-order chi connectivity index (χ1) is 13.3. The highest BCUT2D eigenvalue weighted by atomic mass is 32.2. The number of non-ortho nitro benzene ring substituents is 1. The van der Waals surface area contributed by atoms with Crippen molar-refractivity contribution in [2.24, 2.45) is 5.92 Å². The quantitative estimate of drug-likeness (QED) is 0.609. The van der Waals surface area contributed by atoms with Crippen LogP contribution in [0.2, 0.25) is 0 Å². The summed E-state index contributed by atoms with van der Waals surface area (Å²) >= 11 is 0. The van der Waals surface area contributed by atoms with Crippen LogP contribution >= 0.6 is 0 Å². The predicted molar refractivity (Wildman–Crippen MR) is 105 cm³/mol. The lowest BCUT2D eigenvalue weighted by atomic mass is 9.99. The van der Waals surface area contributed by atoms with Crippen LogP contribution in [0.3, 0.4) is 0 Å². The fourth-order valence-electron chi connectivity index (χ4n) is 3.22. The van der Waals surface area contributed by atoms with E-state index in [4.69, 9.17) is 0 Å². The summed E-state index contributed by atoms with van der Waals surface area (Å²) in [5, 5.41) is 10.8. The predicted octanol–water partition coefficient (Wildman–Crippen LogP) is 3.27. The smallest absolute Gasteiger partial charge is 0.270 e. The lowest BCUT2D eigenvalue weighted by Crippen LogP contribution is -2.39. The van der Waals surface area contributed by atoms with Gasteiger partial charge in [0.1, 0.15) is 0 Å². The molecule has 0 aromatic heterocycles. The Bertz CT molecular complexity index is 989.